The molecule has 8 heteroatoms. The summed E-state index contributed by atoms with van der Waals surface area (Å²) in [6.07, 6.45) is 0.375. The molecule has 0 saturated carbocycles. The molecule has 0 radical (unpaired) electrons. The van der Waals surface area contributed by atoms with E-state index in [1.54, 1.807) is 41.3 Å². The highest BCUT2D eigenvalue weighted by Gasteiger charge is 2.30. The lowest BCUT2D eigenvalue weighted by Crippen LogP contribution is -2.37. The minimum atomic E-state index is -0.247. The molecule has 2 aromatic carbocycles. The molecule has 1 fully saturated rings. The van der Waals surface area contributed by atoms with Gasteiger partial charge in [0.2, 0.25) is 11.8 Å². The molecule has 0 aliphatic carbocycles. The van der Waals surface area contributed by atoms with Crippen molar-refractivity contribution in [2.75, 3.05) is 37.4 Å². The van der Waals surface area contributed by atoms with Crippen LogP contribution in [0.4, 0.5) is 11.4 Å². The molecule has 2 unspecified atom stereocenters. The summed E-state index contributed by atoms with van der Waals surface area (Å²) in [4.78, 5) is 40.5. The number of amides is 3. The zero-order valence-corrected chi connectivity index (χ0v) is 18.6. The van der Waals surface area contributed by atoms with E-state index in [-0.39, 0.29) is 29.7 Å². The number of hydrogen-bond donors (Lipinski definition) is 2. The number of halogens is 1. The highest BCUT2D eigenvalue weighted by molar-refractivity contribution is 6.30. The fourth-order valence-electron chi connectivity index (χ4n) is 3.31. The van der Waals surface area contributed by atoms with Crippen molar-refractivity contribution < 1.29 is 14.4 Å². The smallest absolute Gasteiger partial charge is 0.251 e. The first kappa shape index (κ1) is 22.8. The van der Waals surface area contributed by atoms with Crippen LogP contribution in [-0.4, -0.2) is 55.8 Å². The molecule has 164 valence electrons. The van der Waals surface area contributed by atoms with Gasteiger partial charge in [0.05, 0.1) is 6.04 Å². The highest BCUT2D eigenvalue weighted by atomic mass is 35.5. The van der Waals surface area contributed by atoms with Gasteiger partial charge in [0.25, 0.3) is 5.91 Å². The van der Waals surface area contributed by atoms with Gasteiger partial charge in [-0.1, -0.05) is 11.6 Å². The fourth-order valence-corrected chi connectivity index (χ4v) is 3.44. The number of hydrogen-bond acceptors (Lipinski definition) is 4. The Morgan fingerprint density at radius 1 is 1.13 bits per heavy atom. The Hall–Kier alpha value is -2.90. The molecule has 1 aliphatic heterocycles. The molecule has 2 aromatic rings. The number of nitrogens with zero attached hydrogens (tertiary/aromatic N) is 2. The van der Waals surface area contributed by atoms with Crippen LogP contribution in [0.1, 0.15) is 23.7 Å². The lowest BCUT2D eigenvalue weighted by atomic mass is 10.1. The predicted molar refractivity (Wildman–Crippen MR) is 122 cm³/mol. The van der Waals surface area contributed by atoms with E-state index < -0.39 is 0 Å². The van der Waals surface area contributed by atoms with Crippen LogP contribution >= 0.6 is 11.6 Å². The normalized spacial score (nSPS) is 17.0. The second kappa shape index (κ2) is 9.94. The van der Waals surface area contributed by atoms with E-state index in [9.17, 15) is 14.4 Å². The molecule has 3 rings (SSSR count). The van der Waals surface area contributed by atoms with Crippen LogP contribution in [0.5, 0.6) is 0 Å². The van der Waals surface area contributed by atoms with E-state index in [0.717, 1.165) is 5.69 Å². The van der Waals surface area contributed by atoms with E-state index in [1.165, 1.54) is 0 Å². The third kappa shape index (κ3) is 5.83. The van der Waals surface area contributed by atoms with E-state index in [2.05, 4.69) is 10.6 Å². The van der Waals surface area contributed by atoms with E-state index in [4.69, 9.17) is 11.6 Å². The maximum absolute atomic E-state index is 12.5. The monoisotopic (exact) mass is 442 g/mol. The van der Waals surface area contributed by atoms with Crippen molar-refractivity contribution in [1.82, 2.24) is 10.2 Å². The van der Waals surface area contributed by atoms with Crippen molar-refractivity contribution in [2.24, 2.45) is 5.92 Å². The van der Waals surface area contributed by atoms with Crippen LogP contribution in [0.15, 0.2) is 48.5 Å². The summed E-state index contributed by atoms with van der Waals surface area (Å²) < 4.78 is 0. The molecular weight excluding hydrogens is 416 g/mol. The van der Waals surface area contributed by atoms with Crippen molar-refractivity contribution in [3.63, 3.8) is 0 Å². The van der Waals surface area contributed by atoms with Gasteiger partial charge in [-0.15, -0.1) is 0 Å². The number of benzene rings is 2. The van der Waals surface area contributed by atoms with Crippen molar-refractivity contribution in [3.8, 4) is 0 Å². The van der Waals surface area contributed by atoms with E-state index >= 15 is 0 Å². The average molecular weight is 443 g/mol. The molecule has 7 nitrogen and oxygen atoms in total. The molecule has 1 aliphatic rings. The summed E-state index contributed by atoms with van der Waals surface area (Å²) in [6.45, 7) is 2.78. The Balaban J connectivity index is 1.54. The van der Waals surface area contributed by atoms with Gasteiger partial charge in [-0.25, -0.2) is 0 Å². The zero-order chi connectivity index (χ0) is 22.5. The van der Waals surface area contributed by atoms with Crippen molar-refractivity contribution in [2.45, 2.75) is 19.4 Å². The number of nitrogens with one attached hydrogen (secondary N) is 2. The summed E-state index contributed by atoms with van der Waals surface area (Å²) in [6, 6.07) is 13.7. The SMILES string of the molecule is CC(C(=O)Nc1ccc(N2CC(CNC(=O)c3ccc(Cl)cc3)CC2=O)cc1)N(C)C. The fraction of sp³-hybridized carbons (Fsp3) is 0.348. The second-order valence-electron chi connectivity index (χ2n) is 7.97. The highest BCUT2D eigenvalue weighted by Crippen LogP contribution is 2.26. The van der Waals surface area contributed by atoms with Gasteiger partial charge < -0.3 is 15.5 Å². The maximum Gasteiger partial charge on any atom is 0.251 e. The quantitative estimate of drug-likeness (QED) is 0.690. The summed E-state index contributed by atoms with van der Waals surface area (Å²) >= 11 is 5.85. The third-order valence-electron chi connectivity index (χ3n) is 5.46. The van der Waals surface area contributed by atoms with Crippen LogP contribution in [0.3, 0.4) is 0 Å². The average Bonchev–Trinajstić information content (AvgIpc) is 3.12. The third-order valence-corrected chi connectivity index (χ3v) is 5.72. The lowest BCUT2D eigenvalue weighted by molar-refractivity contribution is -0.120. The van der Waals surface area contributed by atoms with Crippen LogP contribution in [0, 0.1) is 5.92 Å². The Bertz CT molecular complexity index is 944. The van der Waals surface area contributed by atoms with Crippen LogP contribution in [0.25, 0.3) is 0 Å². The van der Waals surface area contributed by atoms with Gasteiger partial charge in [-0.2, -0.15) is 0 Å². The topological polar surface area (TPSA) is 81.8 Å². The van der Waals surface area contributed by atoms with Crippen molar-refractivity contribution in [3.05, 3.63) is 59.1 Å². The van der Waals surface area contributed by atoms with Gasteiger partial charge in [0, 0.05) is 47.4 Å². The molecule has 2 N–H and O–H groups in total. The minimum absolute atomic E-state index is 0.0174. The van der Waals surface area contributed by atoms with Crippen molar-refractivity contribution >= 4 is 40.7 Å². The van der Waals surface area contributed by atoms with Gasteiger partial charge in [0.1, 0.15) is 0 Å². The van der Waals surface area contributed by atoms with Gasteiger partial charge in [-0.3, -0.25) is 19.3 Å². The predicted octanol–water partition coefficient (Wildman–Crippen LogP) is 3.01. The first-order valence-electron chi connectivity index (χ1n) is 10.2. The molecule has 0 bridgehead atoms. The number of likely N-dealkylation sites (N-methyl/N-ethyl adjacent to an activating group) is 1. The second-order valence-corrected chi connectivity index (χ2v) is 8.40. The molecule has 3 amide bonds. The van der Waals surface area contributed by atoms with Crippen LogP contribution < -0.4 is 15.5 Å². The van der Waals surface area contributed by atoms with Crippen LogP contribution in [0.2, 0.25) is 5.02 Å². The Labute approximate surface area is 187 Å². The molecular formula is C23H27ClN4O3. The van der Waals surface area contributed by atoms with Crippen LogP contribution in [-0.2, 0) is 9.59 Å². The van der Waals surface area contributed by atoms with E-state index in [1.807, 2.05) is 38.1 Å². The molecule has 2 atom stereocenters. The Morgan fingerprint density at radius 2 is 1.77 bits per heavy atom. The van der Waals surface area contributed by atoms with Gasteiger partial charge >= 0.3 is 0 Å². The lowest BCUT2D eigenvalue weighted by Gasteiger charge is -2.20. The number of rotatable bonds is 7. The van der Waals surface area contributed by atoms with Crippen molar-refractivity contribution in [1.29, 1.82) is 0 Å². The largest absolute Gasteiger partial charge is 0.352 e. The molecule has 1 heterocycles. The minimum Gasteiger partial charge on any atom is -0.352 e. The molecule has 0 aromatic heterocycles. The number of carbonyl (C=O) groups excluding carboxylic acids is 3. The Morgan fingerprint density at radius 3 is 2.39 bits per heavy atom. The standard InChI is InChI=1S/C23H27ClN4O3/c1-15(27(2)3)22(30)26-19-8-10-20(11-9-19)28-14-16(12-21(28)29)13-25-23(31)17-4-6-18(24)7-5-17/h4-11,15-16H,12-14H2,1-3H3,(H,25,31)(H,26,30). The Kier molecular flexibility index (Phi) is 7.30. The first-order chi connectivity index (χ1) is 14.7. The number of anilines is 2. The van der Waals surface area contributed by atoms with Gasteiger partial charge in [0.15, 0.2) is 0 Å². The summed E-state index contributed by atoms with van der Waals surface area (Å²) in [5.74, 6) is -0.228. The van der Waals surface area contributed by atoms with Gasteiger partial charge in [-0.05, 0) is 69.6 Å². The summed E-state index contributed by atoms with van der Waals surface area (Å²) in [5.41, 5.74) is 1.99. The molecule has 31 heavy (non-hydrogen) atoms. The zero-order valence-electron chi connectivity index (χ0n) is 17.9. The maximum atomic E-state index is 12.5. The summed E-state index contributed by atoms with van der Waals surface area (Å²) in [7, 11) is 3.70. The number of carbonyl (C=O) groups is 3. The molecule has 0 spiro atoms. The first-order valence-corrected chi connectivity index (χ1v) is 10.5. The summed E-state index contributed by atoms with van der Waals surface area (Å²) in [5, 5.41) is 6.34. The van der Waals surface area contributed by atoms with E-state index in [0.29, 0.717) is 35.8 Å². The molecule has 1 saturated heterocycles.